The van der Waals surface area contributed by atoms with Crippen molar-refractivity contribution >= 4 is 34.9 Å². The Morgan fingerprint density at radius 3 is 1.85 bits per heavy atom. The number of likely N-dealkylation sites (tertiary alicyclic amines) is 2. The fourth-order valence-corrected chi connectivity index (χ4v) is 7.78. The molecule has 2 bridgehead atoms. The molecule has 1 aromatic rings. The van der Waals surface area contributed by atoms with Crippen LogP contribution in [-0.4, -0.2) is 79.9 Å². The number of nitrogens with zero attached hydrogens (tertiary/aromatic N) is 2. The Morgan fingerprint density at radius 1 is 0.900 bits per heavy atom. The lowest BCUT2D eigenvalue weighted by Gasteiger charge is -2.44. The van der Waals surface area contributed by atoms with E-state index in [9.17, 15) is 9.59 Å². The first-order valence-corrected chi connectivity index (χ1v) is 14.8. The van der Waals surface area contributed by atoms with Crippen LogP contribution in [0.4, 0.5) is 5.69 Å². The van der Waals surface area contributed by atoms with Crippen molar-refractivity contribution in [2.45, 2.75) is 64.9 Å². The summed E-state index contributed by atoms with van der Waals surface area (Å²) < 4.78 is 22.2. The minimum absolute atomic E-state index is 0.0172. The van der Waals surface area contributed by atoms with Crippen LogP contribution in [0.1, 0.15) is 59.3 Å². The summed E-state index contributed by atoms with van der Waals surface area (Å²) in [6.45, 7) is 9.28. The molecular weight excluding hydrogens is 530 g/mol. The van der Waals surface area contributed by atoms with Gasteiger partial charge in [0.1, 0.15) is 0 Å². The van der Waals surface area contributed by atoms with Gasteiger partial charge in [0.2, 0.25) is 5.75 Å². The summed E-state index contributed by atoms with van der Waals surface area (Å²) in [5, 5.41) is 4.02. The lowest BCUT2D eigenvalue weighted by Crippen LogP contribution is -2.56. The van der Waals surface area contributed by atoms with E-state index in [-0.39, 0.29) is 11.9 Å². The molecular formula is C30H43N3O6S. The maximum absolute atomic E-state index is 13.7. The van der Waals surface area contributed by atoms with Crippen LogP contribution in [0.3, 0.4) is 0 Å². The number of hydrogen-bond acceptors (Lipinski definition) is 7. The van der Waals surface area contributed by atoms with Gasteiger partial charge in [-0.3, -0.25) is 9.59 Å². The molecule has 2 unspecified atom stereocenters. The molecule has 0 spiro atoms. The Hall–Kier alpha value is -2.75. The molecule has 3 aliphatic heterocycles. The number of amides is 1. The summed E-state index contributed by atoms with van der Waals surface area (Å²) in [5.74, 6) is 2.71. The number of carbonyl (C=O) groups is 2. The van der Waals surface area contributed by atoms with Crippen molar-refractivity contribution in [2.24, 2.45) is 22.7 Å². The molecule has 5 rings (SSSR count). The normalized spacial score (nSPS) is 28.3. The van der Waals surface area contributed by atoms with Crippen molar-refractivity contribution in [3.63, 3.8) is 0 Å². The van der Waals surface area contributed by atoms with E-state index < -0.39 is 16.4 Å². The second kappa shape index (κ2) is 10.6. The van der Waals surface area contributed by atoms with Gasteiger partial charge >= 0.3 is 5.97 Å². The van der Waals surface area contributed by atoms with E-state index in [1.54, 1.807) is 21.3 Å². The summed E-state index contributed by atoms with van der Waals surface area (Å²) in [5.41, 5.74) is -1.28. The molecule has 4 fully saturated rings. The summed E-state index contributed by atoms with van der Waals surface area (Å²) >= 11 is 5.75. The number of rotatable bonds is 6. The molecule has 10 heteroatoms. The SMILES string of the molecule is COc1cc(NC(=S)N2CCC(C3CCN(C(=O)C45CCC(C)(C(=O)O4)C5(C)C)CC3)CC2)cc(OC)c1OC. The Labute approximate surface area is 242 Å². The third-order valence-corrected chi connectivity index (χ3v) is 11.0. The first-order chi connectivity index (χ1) is 19.0. The first kappa shape index (κ1) is 28.8. The molecule has 1 aromatic carbocycles. The Balaban J connectivity index is 1.13. The molecule has 0 aromatic heterocycles. The summed E-state index contributed by atoms with van der Waals surface area (Å²) in [7, 11) is 4.78. The van der Waals surface area contributed by atoms with Gasteiger partial charge in [-0.2, -0.15) is 0 Å². The highest BCUT2D eigenvalue weighted by atomic mass is 32.1. The van der Waals surface area contributed by atoms with Gasteiger partial charge in [-0.15, -0.1) is 0 Å². The summed E-state index contributed by atoms with van der Waals surface area (Å²) in [6.07, 6.45) is 5.48. The third kappa shape index (κ3) is 4.37. The highest BCUT2D eigenvalue weighted by molar-refractivity contribution is 7.80. The molecule has 220 valence electrons. The number of anilines is 1. The van der Waals surface area contributed by atoms with E-state index in [0.29, 0.717) is 40.6 Å². The highest BCUT2D eigenvalue weighted by Gasteiger charge is 2.76. The van der Waals surface area contributed by atoms with Gasteiger partial charge in [0.15, 0.2) is 22.2 Å². The lowest BCUT2D eigenvalue weighted by molar-refractivity contribution is -0.175. The molecule has 2 atom stereocenters. The van der Waals surface area contributed by atoms with E-state index in [1.165, 1.54) is 0 Å². The zero-order chi connectivity index (χ0) is 28.9. The second-order valence-corrected chi connectivity index (χ2v) is 12.9. The minimum atomic E-state index is -1.00. The van der Waals surface area contributed by atoms with E-state index >= 15 is 0 Å². The molecule has 9 nitrogen and oxygen atoms in total. The number of piperidine rings is 2. The Bertz CT molecular complexity index is 1150. The number of carbonyl (C=O) groups excluding carboxylic acids is 2. The average Bonchev–Trinajstić information content (AvgIpc) is 3.26. The number of thiocarbonyl (C=S) groups is 1. The second-order valence-electron chi connectivity index (χ2n) is 12.5. The lowest BCUT2D eigenvalue weighted by atomic mass is 9.66. The van der Waals surface area contributed by atoms with Crippen LogP contribution >= 0.6 is 12.2 Å². The molecule has 1 N–H and O–H groups in total. The molecule has 1 amide bonds. The Morgan fingerprint density at radius 2 is 1.43 bits per heavy atom. The predicted molar refractivity (Wildman–Crippen MR) is 156 cm³/mol. The minimum Gasteiger partial charge on any atom is -0.493 e. The largest absolute Gasteiger partial charge is 0.493 e. The van der Waals surface area contributed by atoms with Crippen LogP contribution in [0.15, 0.2) is 12.1 Å². The van der Waals surface area contributed by atoms with Crippen LogP contribution in [-0.2, 0) is 14.3 Å². The van der Waals surface area contributed by atoms with E-state index in [0.717, 1.165) is 64.0 Å². The molecule has 40 heavy (non-hydrogen) atoms. The van der Waals surface area contributed by atoms with Crippen molar-refractivity contribution in [3.8, 4) is 17.2 Å². The highest BCUT2D eigenvalue weighted by Crippen LogP contribution is 2.66. The smallest absolute Gasteiger partial charge is 0.313 e. The number of fused-ring (bicyclic) bond motifs is 2. The third-order valence-electron chi connectivity index (χ3n) is 10.7. The molecule has 4 aliphatic rings. The molecule has 1 saturated carbocycles. The summed E-state index contributed by atoms with van der Waals surface area (Å²) in [4.78, 5) is 30.6. The van der Waals surface area contributed by atoms with E-state index in [2.05, 4.69) is 10.2 Å². The quantitative estimate of drug-likeness (QED) is 0.391. The zero-order valence-corrected chi connectivity index (χ0v) is 25.4. The molecule has 0 radical (unpaired) electrons. The van der Waals surface area contributed by atoms with Crippen molar-refractivity contribution in [1.82, 2.24) is 9.80 Å². The van der Waals surface area contributed by atoms with Gasteiger partial charge in [0.25, 0.3) is 5.91 Å². The van der Waals surface area contributed by atoms with Gasteiger partial charge in [-0.05, 0) is 69.5 Å². The van der Waals surface area contributed by atoms with Crippen LogP contribution in [0.25, 0.3) is 0 Å². The number of hydrogen-bond donors (Lipinski definition) is 1. The van der Waals surface area contributed by atoms with Crippen LogP contribution in [0, 0.1) is 22.7 Å². The number of nitrogens with one attached hydrogen (secondary N) is 1. The maximum atomic E-state index is 13.7. The zero-order valence-electron chi connectivity index (χ0n) is 24.6. The van der Waals surface area contributed by atoms with Crippen LogP contribution in [0.5, 0.6) is 17.2 Å². The number of benzene rings is 1. The van der Waals surface area contributed by atoms with E-state index in [1.807, 2.05) is 37.8 Å². The van der Waals surface area contributed by atoms with Crippen LogP contribution < -0.4 is 19.5 Å². The Kier molecular flexibility index (Phi) is 7.61. The molecule has 1 aliphatic carbocycles. The van der Waals surface area contributed by atoms with Crippen molar-refractivity contribution in [2.75, 3.05) is 52.8 Å². The van der Waals surface area contributed by atoms with Crippen LogP contribution in [0.2, 0.25) is 0 Å². The van der Waals surface area contributed by atoms with Gasteiger partial charge < -0.3 is 34.1 Å². The first-order valence-electron chi connectivity index (χ1n) is 14.4. The fourth-order valence-electron chi connectivity index (χ4n) is 7.48. The topological polar surface area (TPSA) is 89.6 Å². The molecule has 3 saturated heterocycles. The monoisotopic (exact) mass is 573 g/mol. The number of ether oxygens (including phenoxy) is 4. The van der Waals surface area contributed by atoms with Gasteiger partial charge in [-0.25, -0.2) is 0 Å². The van der Waals surface area contributed by atoms with Gasteiger partial charge in [0, 0.05) is 49.4 Å². The van der Waals surface area contributed by atoms with Crippen molar-refractivity contribution in [1.29, 1.82) is 0 Å². The average molecular weight is 574 g/mol. The van der Waals surface area contributed by atoms with E-state index in [4.69, 9.17) is 31.2 Å². The number of methoxy groups -OCH3 is 3. The standard InChI is InChI=1S/C30H43N3O6S/c1-28(2)29(3)11-12-30(28,39-26(29)35)25(34)32-13-7-19(8-14-32)20-9-15-33(16-10-20)27(40)31-21-17-22(36-4)24(38-6)23(18-21)37-5/h17-20H,7-16H2,1-6H3,(H,31,40). The molecule has 3 heterocycles. The van der Waals surface area contributed by atoms with Crippen molar-refractivity contribution in [3.05, 3.63) is 12.1 Å². The number of esters is 1. The summed E-state index contributed by atoms with van der Waals surface area (Å²) in [6, 6.07) is 3.71. The van der Waals surface area contributed by atoms with Gasteiger partial charge in [-0.1, -0.05) is 13.8 Å². The van der Waals surface area contributed by atoms with Crippen molar-refractivity contribution < 1.29 is 28.5 Å². The fraction of sp³-hybridized carbons (Fsp3) is 0.700. The predicted octanol–water partition coefficient (Wildman–Crippen LogP) is 4.48. The maximum Gasteiger partial charge on any atom is 0.313 e. The van der Waals surface area contributed by atoms with Gasteiger partial charge in [0.05, 0.1) is 26.7 Å².